The Morgan fingerprint density at radius 3 is 2.60 bits per heavy atom. The molecule has 0 heterocycles. The minimum Gasteiger partial charge on any atom is -0.496 e. The number of benzene rings is 2. The first kappa shape index (κ1) is 14.5. The van der Waals surface area contributed by atoms with Gasteiger partial charge in [0.2, 0.25) is 0 Å². The fourth-order valence-electron chi connectivity index (χ4n) is 2.26. The molecular formula is C17H20FNO. The maximum atomic E-state index is 13.7. The van der Waals surface area contributed by atoms with Crippen molar-refractivity contribution in [3.8, 4) is 5.75 Å². The number of methoxy groups -OCH3 is 1. The molecule has 0 aliphatic carbocycles. The van der Waals surface area contributed by atoms with Gasteiger partial charge in [0.25, 0.3) is 0 Å². The van der Waals surface area contributed by atoms with E-state index in [2.05, 4.69) is 11.4 Å². The van der Waals surface area contributed by atoms with Gasteiger partial charge >= 0.3 is 0 Å². The molecule has 20 heavy (non-hydrogen) atoms. The lowest BCUT2D eigenvalue weighted by atomic mass is 10.1. The summed E-state index contributed by atoms with van der Waals surface area (Å²) in [4.78, 5) is 0. The molecule has 0 saturated heterocycles. The molecule has 2 aromatic rings. The zero-order chi connectivity index (χ0) is 14.5. The second-order valence-corrected chi connectivity index (χ2v) is 4.93. The largest absolute Gasteiger partial charge is 0.496 e. The van der Waals surface area contributed by atoms with Crippen molar-refractivity contribution in [1.29, 1.82) is 0 Å². The summed E-state index contributed by atoms with van der Waals surface area (Å²) in [5, 5.41) is 3.34. The Bertz CT molecular complexity index is 583. The molecule has 2 rings (SSSR count). The highest BCUT2D eigenvalue weighted by molar-refractivity contribution is 5.36. The Kier molecular flexibility index (Phi) is 4.74. The summed E-state index contributed by atoms with van der Waals surface area (Å²) in [6.45, 7) is 4.68. The SMILES string of the molecule is COc1ccc(CNC(C)c2ccccc2F)cc1C. The van der Waals surface area contributed by atoms with Crippen LogP contribution in [0.1, 0.15) is 29.7 Å². The van der Waals surface area contributed by atoms with Crippen LogP contribution in [0.2, 0.25) is 0 Å². The minimum absolute atomic E-state index is 0.0291. The van der Waals surface area contributed by atoms with Gasteiger partial charge in [0.15, 0.2) is 0 Å². The number of hydrogen-bond donors (Lipinski definition) is 1. The normalized spacial score (nSPS) is 12.2. The van der Waals surface area contributed by atoms with E-state index in [0.717, 1.165) is 16.9 Å². The van der Waals surface area contributed by atoms with Gasteiger partial charge in [-0.25, -0.2) is 4.39 Å². The monoisotopic (exact) mass is 273 g/mol. The van der Waals surface area contributed by atoms with E-state index in [9.17, 15) is 4.39 Å². The van der Waals surface area contributed by atoms with Crippen molar-refractivity contribution in [2.24, 2.45) is 0 Å². The molecule has 3 heteroatoms. The van der Waals surface area contributed by atoms with E-state index in [0.29, 0.717) is 12.1 Å². The number of halogens is 1. The molecule has 1 unspecified atom stereocenters. The van der Waals surface area contributed by atoms with Crippen LogP contribution in [0.3, 0.4) is 0 Å². The zero-order valence-corrected chi connectivity index (χ0v) is 12.1. The van der Waals surface area contributed by atoms with Gasteiger partial charge in [0, 0.05) is 18.2 Å². The Labute approximate surface area is 119 Å². The summed E-state index contributed by atoms with van der Waals surface area (Å²) in [5.74, 6) is 0.717. The van der Waals surface area contributed by atoms with Crippen molar-refractivity contribution >= 4 is 0 Å². The van der Waals surface area contributed by atoms with E-state index in [4.69, 9.17) is 4.74 Å². The predicted octanol–water partition coefficient (Wildman–Crippen LogP) is 3.99. The summed E-state index contributed by atoms with van der Waals surface area (Å²) in [6, 6.07) is 12.9. The van der Waals surface area contributed by atoms with Crippen molar-refractivity contribution in [3.63, 3.8) is 0 Å². The van der Waals surface area contributed by atoms with E-state index in [1.807, 2.05) is 38.1 Å². The standard InChI is InChI=1S/C17H20FNO/c1-12-10-14(8-9-17(12)20-3)11-19-13(2)15-6-4-5-7-16(15)18/h4-10,13,19H,11H2,1-3H3. The maximum Gasteiger partial charge on any atom is 0.127 e. The van der Waals surface area contributed by atoms with Gasteiger partial charge in [0.1, 0.15) is 11.6 Å². The third kappa shape index (κ3) is 3.36. The second-order valence-electron chi connectivity index (χ2n) is 4.93. The van der Waals surface area contributed by atoms with Gasteiger partial charge in [-0.15, -0.1) is 0 Å². The molecule has 0 radical (unpaired) electrons. The maximum absolute atomic E-state index is 13.7. The fourth-order valence-corrected chi connectivity index (χ4v) is 2.26. The predicted molar refractivity (Wildman–Crippen MR) is 79.4 cm³/mol. The molecule has 1 atom stereocenters. The van der Waals surface area contributed by atoms with Crippen molar-refractivity contribution in [2.45, 2.75) is 26.4 Å². The van der Waals surface area contributed by atoms with Gasteiger partial charge in [-0.3, -0.25) is 0 Å². The molecule has 2 aromatic carbocycles. The van der Waals surface area contributed by atoms with Gasteiger partial charge in [-0.2, -0.15) is 0 Å². The third-order valence-corrected chi connectivity index (χ3v) is 3.44. The average Bonchev–Trinajstić information content (AvgIpc) is 2.45. The van der Waals surface area contributed by atoms with Gasteiger partial charge in [-0.1, -0.05) is 30.3 Å². The first-order valence-corrected chi connectivity index (χ1v) is 6.73. The minimum atomic E-state index is -0.168. The van der Waals surface area contributed by atoms with Crippen LogP contribution in [0.5, 0.6) is 5.75 Å². The number of ether oxygens (including phenoxy) is 1. The molecule has 0 aliphatic heterocycles. The van der Waals surface area contributed by atoms with Crippen LogP contribution in [-0.4, -0.2) is 7.11 Å². The number of rotatable bonds is 5. The van der Waals surface area contributed by atoms with E-state index in [1.54, 1.807) is 13.2 Å². The molecule has 1 N–H and O–H groups in total. The third-order valence-electron chi connectivity index (χ3n) is 3.44. The summed E-state index contributed by atoms with van der Waals surface area (Å²) >= 11 is 0. The number of nitrogens with one attached hydrogen (secondary N) is 1. The van der Waals surface area contributed by atoms with Crippen molar-refractivity contribution in [3.05, 3.63) is 65.0 Å². The first-order valence-electron chi connectivity index (χ1n) is 6.73. The van der Waals surface area contributed by atoms with E-state index >= 15 is 0 Å². The quantitative estimate of drug-likeness (QED) is 0.889. The Hall–Kier alpha value is -1.87. The highest BCUT2D eigenvalue weighted by Gasteiger charge is 2.09. The highest BCUT2D eigenvalue weighted by Crippen LogP contribution is 2.20. The number of aryl methyl sites for hydroxylation is 1. The molecule has 106 valence electrons. The molecule has 0 amide bonds. The van der Waals surface area contributed by atoms with E-state index in [-0.39, 0.29) is 11.9 Å². The summed E-state index contributed by atoms with van der Waals surface area (Å²) in [6.07, 6.45) is 0. The highest BCUT2D eigenvalue weighted by atomic mass is 19.1. The lowest BCUT2D eigenvalue weighted by Gasteiger charge is -2.15. The van der Waals surface area contributed by atoms with Crippen LogP contribution in [0.4, 0.5) is 4.39 Å². The smallest absolute Gasteiger partial charge is 0.127 e. The van der Waals surface area contributed by atoms with Gasteiger partial charge in [0.05, 0.1) is 7.11 Å². The first-order chi connectivity index (χ1) is 9.61. The topological polar surface area (TPSA) is 21.3 Å². The molecule has 0 aromatic heterocycles. The van der Waals surface area contributed by atoms with Crippen molar-refractivity contribution < 1.29 is 9.13 Å². The molecule has 0 fully saturated rings. The van der Waals surface area contributed by atoms with Crippen LogP contribution in [0.15, 0.2) is 42.5 Å². The molecule has 0 aliphatic rings. The van der Waals surface area contributed by atoms with Crippen LogP contribution in [0, 0.1) is 12.7 Å². The van der Waals surface area contributed by atoms with Crippen molar-refractivity contribution in [1.82, 2.24) is 5.32 Å². The molecular weight excluding hydrogens is 253 g/mol. The van der Waals surface area contributed by atoms with E-state index in [1.165, 1.54) is 6.07 Å². The molecule has 0 bridgehead atoms. The molecule has 2 nitrogen and oxygen atoms in total. The van der Waals surface area contributed by atoms with Gasteiger partial charge in [-0.05, 0) is 37.1 Å². The molecule has 0 saturated carbocycles. The van der Waals surface area contributed by atoms with E-state index < -0.39 is 0 Å². The van der Waals surface area contributed by atoms with Crippen LogP contribution in [0.25, 0.3) is 0 Å². The Balaban J connectivity index is 2.02. The zero-order valence-electron chi connectivity index (χ0n) is 12.1. The Morgan fingerprint density at radius 2 is 1.95 bits per heavy atom. The Morgan fingerprint density at radius 1 is 1.20 bits per heavy atom. The van der Waals surface area contributed by atoms with Crippen molar-refractivity contribution in [2.75, 3.05) is 7.11 Å². The van der Waals surface area contributed by atoms with Crippen LogP contribution >= 0.6 is 0 Å². The molecule has 0 spiro atoms. The van der Waals surface area contributed by atoms with Crippen LogP contribution in [-0.2, 0) is 6.54 Å². The lowest BCUT2D eigenvalue weighted by molar-refractivity contribution is 0.411. The lowest BCUT2D eigenvalue weighted by Crippen LogP contribution is -2.19. The van der Waals surface area contributed by atoms with Crippen LogP contribution < -0.4 is 10.1 Å². The fraction of sp³-hybridized carbons (Fsp3) is 0.294. The summed E-state index contributed by atoms with van der Waals surface area (Å²) < 4.78 is 18.9. The summed E-state index contributed by atoms with van der Waals surface area (Å²) in [7, 11) is 1.67. The number of hydrogen-bond acceptors (Lipinski definition) is 2. The summed E-state index contributed by atoms with van der Waals surface area (Å²) in [5.41, 5.74) is 2.95. The van der Waals surface area contributed by atoms with Gasteiger partial charge < -0.3 is 10.1 Å². The average molecular weight is 273 g/mol. The second kappa shape index (κ2) is 6.53.